The van der Waals surface area contributed by atoms with Crippen molar-refractivity contribution in [2.75, 3.05) is 6.61 Å². The van der Waals surface area contributed by atoms with Crippen LogP contribution in [0.5, 0.6) is 0 Å². The third kappa shape index (κ3) is 5.79. The molecule has 0 aromatic rings. The number of allylic oxidation sites excluding steroid dienone is 1. The molecule has 0 radical (unpaired) electrons. The van der Waals surface area contributed by atoms with E-state index >= 15 is 0 Å². The molecule has 1 N–H and O–H groups in total. The molecule has 1 atom stereocenters. The Kier molecular flexibility index (Phi) is 6.55. The van der Waals surface area contributed by atoms with Crippen LogP contribution in [0.4, 0.5) is 0 Å². The van der Waals surface area contributed by atoms with Gasteiger partial charge >= 0.3 is 0 Å². The molecule has 0 fully saturated rings. The van der Waals surface area contributed by atoms with E-state index in [-0.39, 0.29) is 0 Å². The standard InChI is InChI=1S/C8H17NO/c1-4-6-7-8(3)9-10-5-2/h4,8-9H,1,5-7H2,2-3H3. The third-order valence-corrected chi connectivity index (χ3v) is 1.23. The van der Waals surface area contributed by atoms with Crippen LogP contribution in [0.3, 0.4) is 0 Å². The maximum absolute atomic E-state index is 5.01. The molecule has 0 saturated carbocycles. The van der Waals surface area contributed by atoms with E-state index in [4.69, 9.17) is 4.84 Å². The van der Waals surface area contributed by atoms with Crippen molar-refractivity contribution < 1.29 is 4.84 Å². The highest BCUT2D eigenvalue weighted by atomic mass is 16.6. The Bertz CT molecular complexity index is 83.3. The van der Waals surface area contributed by atoms with Gasteiger partial charge in [0.1, 0.15) is 0 Å². The second-order valence-electron chi connectivity index (χ2n) is 2.32. The van der Waals surface area contributed by atoms with Crippen molar-refractivity contribution in [3.8, 4) is 0 Å². The van der Waals surface area contributed by atoms with E-state index in [0.29, 0.717) is 6.04 Å². The topological polar surface area (TPSA) is 21.3 Å². The predicted octanol–water partition coefficient (Wildman–Crippen LogP) is 1.88. The highest BCUT2D eigenvalue weighted by Gasteiger charge is 1.96. The molecule has 0 spiro atoms. The molecule has 60 valence electrons. The quantitative estimate of drug-likeness (QED) is 0.453. The normalized spacial score (nSPS) is 13.0. The van der Waals surface area contributed by atoms with Gasteiger partial charge in [0.2, 0.25) is 0 Å². The molecule has 10 heavy (non-hydrogen) atoms. The largest absolute Gasteiger partial charge is 0.302 e. The first kappa shape index (κ1) is 9.66. The van der Waals surface area contributed by atoms with E-state index in [1.807, 2.05) is 13.0 Å². The molecule has 1 unspecified atom stereocenters. The molecular formula is C8H17NO. The molecule has 0 aromatic carbocycles. The average Bonchev–Trinajstić information content (AvgIpc) is 1.97. The minimum absolute atomic E-state index is 0.429. The lowest BCUT2D eigenvalue weighted by Crippen LogP contribution is -2.25. The first-order chi connectivity index (χ1) is 4.81. The minimum atomic E-state index is 0.429. The van der Waals surface area contributed by atoms with E-state index in [2.05, 4.69) is 19.0 Å². The van der Waals surface area contributed by atoms with Gasteiger partial charge in [0.15, 0.2) is 0 Å². The van der Waals surface area contributed by atoms with Gasteiger partial charge in [-0.3, -0.25) is 0 Å². The smallest absolute Gasteiger partial charge is 0.0654 e. The third-order valence-electron chi connectivity index (χ3n) is 1.23. The molecule has 0 aliphatic heterocycles. The Balaban J connectivity index is 3.07. The summed E-state index contributed by atoms with van der Waals surface area (Å²) in [4.78, 5) is 5.01. The monoisotopic (exact) mass is 143 g/mol. The maximum Gasteiger partial charge on any atom is 0.0654 e. The fraction of sp³-hybridized carbons (Fsp3) is 0.750. The summed E-state index contributed by atoms with van der Waals surface area (Å²) in [6, 6.07) is 0.429. The molecule has 0 aliphatic rings. The number of nitrogens with one attached hydrogen (secondary N) is 1. The summed E-state index contributed by atoms with van der Waals surface area (Å²) in [7, 11) is 0. The summed E-state index contributed by atoms with van der Waals surface area (Å²) < 4.78 is 0. The lowest BCUT2D eigenvalue weighted by atomic mass is 10.2. The van der Waals surface area contributed by atoms with Crippen LogP contribution >= 0.6 is 0 Å². The lowest BCUT2D eigenvalue weighted by Gasteiger charge is -2.10. The highest BCUT2D eigenvalue weighted by molar-refractivity contribution is 4.69. The van der Waals surface area contributed by atoms with Gasteiger partial charge in [0.05, 0.1) is 6.61 Å². The number of rotatable bonds is 6. The molecule has 0 aliphatic carbocycles. The molecule has 0 saturated heterocycles. The summed E-state index contributed by atoms with van der Waals surface area (Å²) in [6.07, 6.45) is 4.05. The van der Waals surface area contributed by atoms with E-state index < -0.39 is 0 Å². The predicted molar refractivity (Wildman–Crippen MR) is 43.7 cm³/mol. The van der Waals surface area contributed by atoms with Crippen LogP contribution in [0.15, 0.2) is 12.7 Å². The van der Waals surface area contributed by atoms with Crippen molar-refractivity contribution >= 4 is 0 Å². The summed E-state index contributed by atoms with van der Waals surface area (Å²) in [5.41, 5.74) is 2.92. The van der Waals surface area contributed by atoms with Crippen molar-refractivity contribution in [3.05, 3.63) is 12.7 Å². The second-order valence-corrected chi connectivity index (χ2v) is 2.32. The SMILES string of the molecule is C=CCCC(C)NOCC. The number of hydrogen-bond donors (Lipinski definition) is 1. The Morgan fingerprint density at radius 1 is 1.70 bits per heavy atom. The molecule has 0 heterocycles. The van der Waals surface area contributed by atoms with Crippen LogP contribution in [0, 0.1) is 0 Å². The summed E-state index contributed by atoms with van der Waals surface area (Å²) in [6.45, 7) is 8.43. The molecule has 0 aromatic heterocycles. The van der Waals surface area contributed by atoms with Crippen LogP contribution in [0.25, 0.3) is 0 Å². The molecule has 0 rings (SSSR count). The summed E-state index contributed by atoms with van der Waals surface area (Å²) >= 11 is 0. The minimum Gasteiger partial charge on any atom is -0.302 e. The molecule has 2 heteroatoms. The van der Waals surface area contributed by atoms with Gasteiger partial charge in [-0.05, 0) is 26.7 Å². The zero-order valence-electron chi connectivity index (χ0n) is 6.89. The van der Waals surface area contributed by atoms with Crippen LogP contribution in [0.1, 0.15) is 26.7 Å². The van der Waals surface area contributed by atoms with E-state index in [1.165, 1.54) is 0 Å². The van der Waals surface area contributed by atoms with Crippen LogP contribution in [0.2, 0.25) is 0 Å². The van der Waals surface area contributed by atoms with Gasteiger partial charge in [-0.2, -0.15) is 5.48 Å². The number of hydrogen-bond acceptors (Lipinski definition) is 2. The summed E-state index contributed by atoms with van der Waals surface area (Å²) in [5, 5.41) is 0. The van der Waals surface area contributed by atoms with Crippen molar-refractivity contribution in [2.24, 2.45) is 0 Å². The van der Waals surface area contributed by atoms with Gasteiger partial charge in [-0.25, -0.2) is 0 Å². The van der Waals surface area contributed by atoms with E-state index in [1.54, 1.807) is 0 Å². The Morgan fingerprint density at radius 3 is 2.90 bits per heavy atom. The first-order valence-electron chi connectivity index (χ1n) is 3.79. The van der Waals surface area contributed by atoms with Gasteiger partial charge < -0.3 is 4.84 Å². The molecule has 0 amide bonds. The van der Waals surface area contributed by atoms with Crippen LogP contribution in [-0.4, -0.2) is 12.6 Å². The van der Waals surface area contributed by atoms with Crippen molar-refractivity contribution in [1.82, 2.24) is 5.48 Å². The van der Waals surface area contributed by atoms with Gasteiger partial charge in [0, 0.05) is 6.04 Å². The van der Waals surface area contributed by atoms with Crippen molar-refractivity contribution in [1.29, 1.82) is 0 Å². The fourth-order valence-electron chi connectivity index (χ4n) is 0.652. The molecular weight excluding hydrogens is 126 g/mol. The Morgan fingerprint density at radius 2 is 2.40 bits per heavy atom. The van der Waals surface area contributed by atoms with Crippen molar-refractivity contribution in [3.63, 3.8) is 0 Å². The fourth-order valence-corrected chi connectivity index (χ4v) is 0.652. The Labute approximate surface area is 63.2 Å². The molecule has 2 nitrogen and oxygen atoms in total. The first-order valence-corrected chi connectivity index (χ1v) is 3.79. The zero-order chi connectivity index (χ0) is 7.82. The zero-order valence-corrected chi connectivity index (χ0v) is 6.89. The van der Waals surface area contributed by atoms with Gasteiger partial charge in [0.25, 0.3) is 0 Å². The number of hydroxylamine groups is 1. The van der Waals surface area contributed by atoms with Crippen molar-refractivity contribution in [2.45, 2.75) is 32.7 Å². The second kappa shape index (κ2) is 6.78. The van der Waals surface area contributed by atoms with Crippen LogP contribution in [-0.2, 0) is 4.84 Å². The average molecular weight is 143 g/mol. The maximum atomic E-state index is 5.01. The summed E-state index contributed by atoms with van der Waals surface area (Å²) in [5.74, 6) is 0. The van der Waals surface area contributed by atoms with Gasteiger partial charge in [-0.1, -0.05) is 6.08 Å². The van der Waals surface area contributed by atoms with E-state index in [0.717, 1.165) is 19.4 Å². The highest BCUT2D eigenvalue weighted by Crippen LogP contribution is 1.95. The Hall–Kier alpha value is -0.340. The van der Waals surface area contributed by atoms with Crippen LogP contribution < -0.4 is 5.48 Å². The van der Waals surface area contributed by atoms with E-state index in [9.17, 15) is 0 Å². The molecule has 0 bridgehead atoms. The van der Waals surface area contributed by atoms with Gasteiger partial charge in [-0.15, -0.1) is 6.58 Å². The lowest BCUT2D eigenvalue weighted by molar-refractivity contribution is 0.0272.